The number of carbonyl (C=O) groups excluding carboxylic acids is 1. The van der Waals surface area contributed by atoms with Crippen molar-refractivity contribution < 1.29 is 9.32 Å². The minimum atomic E-state index is -0.143. The van der Waals surface area contributed by atoms with Gasteiger partial charge in [-0.3, -0.25) is 4.79 Å². The molecule has 0 aromatic carbocycles. The number of hydrogen-bond acceptors (Lipinski definition) is 5. The summed E-state index contributed by atoms with van der Waals surface area (Å²) in [4.78, 5) is 17.6. The van der Waals surface area contributed by atoms with Crippen LogP contribution in [0.15, 0.2) is 4.52 Å². The van der Waals surface area contributed by atoms with Crippen molar-refractivity contribution in [3.63, 3.8) is 0 Å². The normalized spacial score (nSPS) is 21.6. The van der Waals surface area contributed by atoms with E-state index in [2.05, 4.69) is 22.0 Å². The van der Waals surface area contributed by atoms with Crippen molar-refractivity contribution in [2.45, 2.75) is 45.6 Å². The highest BCUT2D eigenvalue weighted by atomic mass is 16.5. The lowest BCUT2D eigenvalue weighted by atomic mass is 9.99. The molecule has 17 heavy (non-hydrogen) atoms. The van der Waals surface area contributed by atoms with E-state index in [0.29, 0.717) is 11.9 Å². The van der Waals surface area contributed by atoms with E-state index in [-0.39, 0.29) is 11.6 Å². The van der Waals surface area contributed by atoms with Gasteiger partial charge in [-0.25, -0.2) is 0 Å². The predicted molar refractivity (Wildman–Crippen MR) is 62.9 cm³/mol. The Labute approximate surface area is 101 Å². The molecule has 2 heterocycles. The molecular formula is C12H19N3O2. The number of nitrogens with zero attached hydrogens (tertiary/aromatic N) is 3. The molecule has 1 unspecified atom stereocenters. The Morgan fingerprint density at radius 3 is 3.00 bits per heavy atom. The second-order valence-electron chi connectivity index (χ2n) is 4.55. The molecule has 5 heteroatoms. The molecule has 0 bridgehead atoms. The molecule has 1 saturated heterocycles. The summed E-state index contributed by atoms with van der Waals surface area (Å²) in [5.74, 6) is 0.635. The molecule has 0 radical (unpaired) electrons. The van der Waals surface area contributed by atoms with Crippen LogP contribution >= 0.6 is 0 Å². The van der Waals surface area contributed by atoms with Crippen molar-refractivity contribution >= 4 is 5.78 Å². The second kappa shape index (κ2) is 5.40. The van der Waals surface area contributed by atoms with Crippen LogP contribution in [-0.4, -0.2) is 40.0 Å². The van der Waals surface area contributed by atoms with Crippen molar-refractivity contribution in [3.8, 4) is 0 Å². The van der Waals surface area contributed by atoms with E-state index in [1.165, 1.54) is 26.2 Å². The highest BCUT2D eigenvalue weighted by Crippen LogP contribution is 2.19. The number of ketones is 1. The van der Waals surface area contributed by atoms with Gasteiger partial charge in [-0.05, 0) is 25.9 Å². The molecular weight excluding hydrogens is 218 g/mol. The second-order valence-corrected chi connectivity index (χ2v) is 4.55. The van der Waals surface area contributed by atoms with Crippen molar-refractivity contribution in [2.24, 2.45) is 0 Å². The van der Waals surface area contributed by atoms with E-state index >= 15 is 0 Å². The summed E-state index contributed by atoms with van der Waals surface area (Å²) >= 11 is 0. The van der Waals surface area contributed by atoms with Crippen LogP contribution in [0, 0.1) is 0 Å². The molecule has 0 spiro atoms. The van der Waals surface area contributed by atoms with Crippen molar-refractivity contribution in [3.05, 3.63) is 11.7 Å². The molecule has 0 aliphatic carbocycles. The van der Waals surface area contributed by atoms with Crippen LogP contribution < -0.4 is 0 Å². The minimum Gasteiger partial charge on any atom is -0.339 e. The molecule has 94 valence electrons. The van der Waals surface area contributed by atoms with Gasteiger partial charge in [0.25, 0.3) is 0 Å². The summed E-state index contributed by atoms with van der Waals surface area (Å²) in [6.07, 6.45) is 4.46. The largest absolute Gasteiger partial charge is 0.339 e. The number of likely N-dealkylation sites (tertiary alicyclic amines) is 1. The third-order valence-electron chi connectivity index (χ3n) is 3.35. The Balaban J connectivity index is 2.00. The number of hydrogen-bond donors (Lipinski definition) is 0. The lowest BCUT2D eigenvalue weighted by molar-refractivity contribution is 0.100. The van der Waals surface area contributed by atoms with Crippen molar-refractivity contribution in [1.29, 1.82) is 0 Å². The van der Waals surface area contributed by atoms with Crippen LogP contribution in [0.3, 0.4) is 0 Å². The maximum atomic E-state index is 11.1. The molecule has 1 aliphatic rings. The molecule has 1 aromatic rings. The van der Waals surface area contributed by atoms with E-state index in [0.717, 1.165) is 19.5 Å². The summed E-state index contributed by atoms with van der Waals surface area (Å²) in [5.41, 5.74) is 0. The fourth-order valence-corrected chi connectivity index (χ4v) is 2.39. The van der Waals surface area contributed by atoms with Gasteiger partial charge in [0, 0.05) is 19.4 Å². The molecule has 0 N–H and O–H groups in total. The Morgan fingerprint density at radius 1 is 1.53 bits per heavy atom. The molecule has 5 nitrogen and oxygen atoms in total. The molecule has 1 aliphatic heterocycles. The van der Waals surface area contributed by atoms with Crippen LogP contribution in [0.1, 0.15) is 49.6 Å². The van der Waals surface area contributed by atoms with Gasteiger partial charge in [0.1, 0.15) is 0 Å². The maximum absolute atomic E-state index is 11.1. The number of carbonyl (C=O) groups is 1. The Bertz CT molecular complexity index is 389. The van der Waals surface area contributed by atoms with Crippen LogP contribution in [0.2, 0.25) is 0 Å². The zero-order valence-electron chi connectivity index (χ0n) is 10.5. The highest BCUT2D eigenvalue weighted by molar-refractivity contribution is 5.89. The summed E-state index contributed by atoms with van der Waals surface area (Å²) in [5, 5.41) is 3.68. The van der Waals surface area contributed by atoms with Gasteiger partial charge >= 0.3 is 0 Å². The lowest BCUT2D eigenvalue weighted by Gasteiger charge is -2.33. The van der Waals surface area contributed by atoms with E-state index in [9.17, 15) is 4.79 Å². The molecule has 0 amide bonds. The monoisotopic (exact) mass is 237 g/mol. The van der Waals surface area contributed by atoms with Gasteiger partial charge in [-0.2, -0.15) is 4.98 Å². The fraction of sp³-hybridized carbons (Fsp3) is 0.750. The quantitative estimate of drug-likeness (QED) is 0.746. The van der Waals surface area contributed by atoms with E-state index in [1.807, 2.05) is 0 Å². The number of aromatic nitrogens is 2. The summed E-state index contributed by atoms with van der Waals surface area (Å²) in [6, 6.07) is 0.481. The van der Waals surface area contributed by atoms with Crippen LogP contribution in [-0.2, 0) is 6.42 Å². The number of rotatable bonds is 4. The molecule has 0 saturated carbocycles. The number of likely N-dealkylation sites (N-methyl/N-ethyl adjacent to an activating group) is 1. The van der Waals surface area contributed by atoms with E-state index in [1.54, 1.807) is 0 Å². The standard InChI is InChI=1S/C12H19N3O2/c1-3-15-7-5-4-6-10(15)8-11-13-12(9(2)16)14-17-11/h10H,3-8H2,1-2H3. The molecule has 1 atom stereocenters. The first kappa shape index (κ1) is 12.2. The van der Waals surface area contributed by atoms with Gasteiger partial charge in [-0.1, -0.05) is 18.5 Å². The Kier molecular flexibility index (Phi) is 3.89. The Morgan fingerprint density at radius 2 is 2.35 bits per heavy atom. The van der Waals surface area contributed by atoms with Crippen molar-refractivity contribution in [1.82, 2.24) is 15.0 Å². The van der Waals surface area contributed by atoms with E-state index < -0.39 is 0 Å². The number of piperidine rings is 1. The zero-order chi connectivity index (χ0) is 12.3. The summed E-state index contributed by atoms with van der Waals surface area (Å²) < 4.78 is 5.11. The maximum Gasteiger partial charge on any atom is 0.238 e. The molecule has 1 aromatic heterocycles. The van der Waals surface area contributed by atoms with Gasteiger partial charge in [-0.15, -0.1) is 0 Å². The summed E-state index contributed by atoms with van der Waals surface area (Å²) in [6.45, 7) is 5.83. The topological polar surface area (TPSA) is 59.2 Å². The van der Waals surface area contributed by atoms with Gasteiger partial charge in [0.2, 0.25) is 17.5 Å². The zero-order valence-corrected chi connectivity index (χ0v) is 10.5. The average Bonchev–Trinajstić information content (AvgIpc) is 2.78. The number of Topliss-reactive ketones (excluding diaryl/α,β-unsaturated/α-hetero) is 1. The molecule has 2 rings (SSSR count). The smallest absolute Gasteiger partial charge is 0.238 e. The van der Waals surface area contributed by atoms with Gasteiger partial charge in [0.15, 0.2) is 0 Å². The van der Waals surface area contributed by atoms with Crippen LogP contribution in [0.5, 0.6) is 0 Å². The Hall–Kier alpha value is -1.23. The average molecular weight is 237 g/mol. The fourth-order valence-electron chi connectivity index (χ4n) is 2.39. The van der Waals surface area contributed by atoms with Crippen molar-refractivity contribution in [2.75, 3.05) is 13.1 Å². The third kappa shape index (κ3) is 2.91. The predicted octanol–water partition coefficient (Wildman–Crippen LogP) is 1.69. The summed E-state index contributed by atoms with van der Waals surface area (Å²) in [7, 11) is 0. The van der Waals surface area contributed by atoms with Crippen LogP contribution in [0.25, 0.3) is 0 Å². The minimum absolute atomic E-state index is 0.143. The van der Waals surface area contributed by atoms with Crippen LogP contribution in [0.4, 0.5) is 0 Å². The van der Waals surface area contributed by atoms with Gasteiger partial charge < -0.3 is 9.42 Å². The van der Waals surface area contributed by atoms with E-state index in [4.69, 9.17) is 4.52 Å². The first-order valence-electron chi connectivity index (χ1n) is 6.28. The van der Waals surface area contributed by atoms with Gasteiger partial charge in [0.05, 0.1) is 0 Å². The first-order chi connectivity index (χ1) is 8.20. The third-order valence-corrected chi connectivity index (χ3v) is 3.35. The lowest BCUT2D eigenvalue weighted by Crippen LogP contribution is -2.40. The SMILES string of the molecule is CCN1CCCCC1Cc1nc(C(C)=O)no1. The highest BCUT2D eigenvalue weighted by Gasteiger charge is 2.23. The molecule has 1 fully saturated rings. The first-order valence-corrected chi connectivity index (χ1v) is 6.28.